The summed E-state index contributed by atoms with van der Waals surface area (Å²) in [6.07, 6.45) is 4.63. The summed E-state index contributed by atoms with van der Waals surface area (Å²) in [4.78, 5) is 24.1. The number of amides is 1. The molecular weight excluding hydrogens is 276 g/mol. The van der Waals surface area contributed by atoms with Crippen LogP contribution in [0, 0.1) is 6.92 Å². The number of H-pyrrole nitrogens is 1. The first-order valence-corrected chi connectivity index (χ1v) is 7.81. The third kappa shape index (κ3) is 2.84. The van der Waals surface area contributed by atoms with Crippen molar-refractivity contribution in [3.63, 3.8) is 0 Å². The molecule has 0 unspecified atom stereocenters. The van der Waals surface area contributed by atoms with Crippen molar-refractivity contribution >= 4 is 11.6 Å². The Kier molecular flexibility index (Phi) is 4.13. The molecular formula is C17H22N4O. The van der Waals surface area contributed by atoms with E-state index in [1.54, 1.807) is 0 Å². The number of carbonyl (C=O) groups is 1. The smallest absolute Gasteiger partial charge is 0.270 e. The molecule has 2 aromatic rings. The van der Waals surface area contributed by atoms with Crippen molar-refractivity contribution in [2.24, 2.45) is 0 Å². The Hall–Kier alpha value is -2.30. The summed E-state index contributed by atoms with van der Waals surface area (Å²) < 4.78 is 0. The van der Waals surface area contributed by atoms with Gasteiger partial charge in [-0.2, -0.15) is 0 Å². The number of aromatic nitrogens is 2. The van der Waals surface area contributed by atoms with Crippen LogP contribution in [0.1, 0.15) is 28.7 Å². The molecule has 1 saturated heterocycles. The molecule has 3 rings (SSSR count). The minimum atomic E-state index is 0.103. The van der Waals surface area contributed by atoms with Gasteiger partial charge in [0.1, 0.15) is 5.69 Å². The van der Waals surface area contributed by atoms with E-state index in [0.29, 0.717) is 5.69 Å². The molecule has 0 saturated carbocycles. The lowest BCUT2D eigenvalue weighted by Gasteiger charge is -2.36. The van der Waals surface area contributed by atoms with Gasteiger partial charge in [-0.1, -0.05) is 6.92 Å². The number of anilines is 1. The van der Waals surface area contributed by atoms with Crippen molar-refractivity contribution < 1.29 is 4.79 Å². The van der Waals surface area contributed by atoms with E-state index in [-0.39, 0.29) is 5.91 Å². The normalized spacial score (nSPS) is 15.2. The minimum absolute atomic E-state index is 0.103. The zero-order chi connectivity index (χ0) is 15.5. The van der Waals surface area contributed by atoms with Gasteiger partial charge in [0.05, 0.1) is 0 Å². The lowest BCUT2D eigenvalue weighted by atomic mass is 10.2. The van der Waals surface area contributed by atoms with Gasteiger partial charge in [0, 0.05) is 50.0 Å². The van der Waals surface area contributed by atoms with Crippen molar-refractivity contribution in [3.05, 3.63) is 47.5 Å². The molecule has 3 heterocycles. The monoisotopic (exact) mass is 298 g/mol. The van der Waals surface area contributed by atoms with E-state index in [1.165, 1.54) is 11.3 Å². The third-order valence-electron chi connectivity index (χ3n) is 4.26. The van der Waals surface area contributed by atoms with Crippen molar-refractivity contribution in [1.29, 1.82) is 0 Å². The quantitative estimate of drug-likeness (QED) is 0.945. The summed E-state index contributed by atoms with van der Waals surface area (Å²) in [5.41, 5.74) is 4.20. The lowest BCUT2D eigenvalue weighted by molar-refractivity contribution is 0.0741. The summed E-state index contributed by atoms with van der Waals surface area (Å²) in [6, 6.07) is 5.93. The van der Waals surface area contributed by atoms with Gasteiger partial charge in [0.25, 0.3) is 5.91 Å². The standard InChI is InChI=1S/C17H22N4O/c1-3-14-4-5-15(19-14)17(22)21-10-8-20(9-11-21)16-6-7-18-12-13(16)2/h4-7,12,19H,3,8-11H2,1-2H3. The van der Waals surface area contributed by atoms with Gasteiger partial charge in [-0.15, -0.1) is 0 Å². The highest BCUT2D eigenvalue weighted by Crippen LogP contribution is 2.20. The van der Waals surface area contributed by atoms with E-state index in [4.69, 9.17) is 0 Å². The van der Waals surface area contributed by atoms with Gasteiger partial charge in [-0.25, -0.2) is 0 Å². The molecule has 1 aliphatic heterocycles. The van der Waals surface area contributed by atoms with Crippen LogP contribution in [0.4, 0.5) is 5.69 Å². The molecule has 0 radical (unpaired) electrons. The van der Waals surface area contributed by atoms with Gasteiger partial charge in [0.2, 0.25) is 0 Å². The van der Waals surface area contributed by atoms with Gasteiger partial charge >= 0.3 is 0 Å². The number of piperazine rings is 1. The second kappa shape index (κ2) is 6.22. The molecule has 0 spiro atoms. The predicted molar refractivity (Wildman–Crippen MR) is 87.3 cm³/mol. The van der Waals surface area contributed by atoms with E-state index in [0.717, 1.165) is 38.3 Å². The van der Waals surface area contributed by atoms with Crippen LogP contribution in [-0.4, -0.2) is 47.0 Å². The molecule has 0 atom stereocenters. The molecule has 1 fully saturated rings. The van der Waals surface area contributed by atoms with Gasteiger partial charge in [-0.3, -0.25) is 9.78 Å². The summed E-state index contributed by atoms with van der Waals surface area (Å²) in [5, 5.41) is 0. The SMILES string of the molecule is CCc1ccc(C(=O)N2CCN(c3ccncc3C)CC2)[nH]1. The highest BCUT2D eigenvalue weighted by Gasteiger charge is 2.23. The maximum atomic E-state index is 12.5. The molecule has 22 heavy (non-hydrogen) atoms. The Morgan fingerprint density at radius 2 is 2.00 bits per heavy atom. The Labute approximate surface area is 131 Å². The zero-order valence-corrected chi connectivity index (χ0v) is 13.2. The topological polar surface area (TPSA) is 52.2 Å². The Bertz CT molecular complexity index is 656. The molecule has 5 heteroatoms. The largest absolute Gasteiger partial charge is 0.368 e. The number of nitrogens with zero attached hydrogens (tertiary/aromatic N) is 3. The number of aryl methyl sites for hydroxylation is 2. The first kappa shape index (κ1) is 14.6. The molecule has 5 nitrogen and oxygen atoms in total. The van der Waals surface area contributed by atoms with Crippen LogP contribution >= 0.6 is 0 Å². The maximum Gasteiger partial charge on any atom is 0.270 e. The van der Waals surface area contributed by atoms with Crippen LogP contribution in [0.2, 0.25) is 0 Å². The van der Waals surface area contributed by atoms with Crippen LogP contribution < -0.4 is 4.90 Å². The van der Waals surface area contributed by atoms with Crippen LogP contribution in [-0.2, 0) is 6.42 Å². The second-order valence-electron chi connectivity index (χ2n) is 5.69. The molecule has 1 aliphatic rings. The fraction of sp³-hybridized carbons (Fsp3) is 0.412. The van der Waals surface area contributed by atoms with E-state index in [2.05, 4.69) is 28.7 Å². The van der Waals surface area contributed by atoms with Crippen molar-refractivity contribution in [1.82, 2.24) is 14.9 Å². The third-order valence-corrected chi connectivity index (χ3v) is 4.26. The molecule has 116 valence electrons. The molecule has 2 aromatic heterocycles. The Morgan fingerprint density at radius 1 is 1.23 bits per heavy atom. The second-order valence-corrected chi connectivity index (χ2v) is 5.69. The summed E-state index contributed by atoms with van der Waals surface area (Å²) >= 11 is 0. The minimum Gasteiger partial charge on any atom is -0.368 e. The molecule has 1 amide bonds. The number of pyridine rings is 1. The molecule has 1 N–H and O–H groups in total. The van der Waals surface area contributed by atoms with Crippen molar-refractivity contribution in [2.75, 3.05) is 31.1 Å². The van der Waals surface area contributed by atoms with Crippen molar-refractivity contribution in [2.45, 2.75) is 20.3 Å². The van der Waals surface area contributed by atoms with Gasteiger partial charge in [-0.05, 0) is 37.1 Å². The molecule has 0 aliphatic carbocycles. The first-order chi connectivity index (χ1) is 10.7. The predicted octanol–water partition coefficient (Wildman–Crippen LogP) is 2.24. The van der Waals surface area contributed by atoms with Crippen LogP contribution in [0.15, 0.2) is 30.6 Å². The fourth-order valence-corrected chi connectivity index (χ4v) is 2.91. The maximum absolute atomic E-state index is 12.5. The lowest BCUT2D eigenvalue weighted by Crippen LogP contribution is -2.49. The number of nitrogens with one attached hydrogen (secondary N) is 1. The highest BCUT2D eigenvalue weighted by molar-refractivity contribution is 5.92. The number of aromatic amines is 1. The Morgan fingerprint density at radius 3 is 2.64 bits per heavy atom. The summed E-state index contributed by atoms with van der Waals surface area (Å²) in [5.74, 6) is 0.103. The zero-order valence-electron chi connectivity index (χ0n) is 13.2. The van der Waals surface area contributed by atoms with E-state index in [9.17, 15) is 4.79 Å². The molecule has 0 bridgehead atoms. The van der Waals surface area contributed by atoms with Crippen LogP contribution in [0.25, 0.3) is 0 Å². The number of carbonyl (C=O) groups excluding carboxylic acids is 1. The fourth-order valence-electron chi connectivity index (χ4n) is 2.91. The van der Waals surface area contributed by atoms with Crippen LogP contribution in [0.3, 0.4) is 0 Å². The number of hydrogen-bond acceptors (Lipinski definition) is 3. The average molecular weight is 298 g/mol. The highest BCUT2D eigenvalue weighted by atomic mass is 16.2. The van der Waals surface area contributed by atoms with E-state index >= 15 is 0 Å². The van der Waals surface area contributed by atoms with E-state index in [1.807, 2.05) is 35.5 Å². The van der Waals surface area contributed by atoms with E-state index < -0.39 is 0 Å². The summed E-state index contributed by atoms with van der Waals surface area (Å²) in [7, 11) is 0. The summed E-state index contributed by atoms with van der Waals surface area (Å²) in [6.45, 7) is 7.37. The average Bonchev–Trinajstić information content (AvgIpc) is 3.04. The van der Waals surface area contributed by atoms with Crippen molar-refractivity contribution in [3.8, 4) is 0 Å². The van der Waals surface area contributed by atoms with Crippen LogP contribution in [0.5, 0.6) is 0 Å². The molecule has 0 aromatic carbocycles. The number of hydrogen-bond donors (Lipinski definition) is 1. The number of rotatable bonds is 3. The van der Waals surface area contributed by atoms with Gasteiger partial charge < -0.3 is 14.8 Å². The first-order valence-electron chi connectivity index (χ1n) is 7.81. The Balaban J connectivity index is 1.64. The van der Waals surface area contributed by atoms with Gasteiger partial charge in [0.15, 0.2) is 0 Å².